The Balaban J connectivity index is 1.59. The van der Waals surface area contributed by atoms with Gasteiger partial charge in [-0.2, -0.15) is 15.9 Å². The molecule has 4 aromatic rings. The molecule has 0 radical (unpaired) electrons. The number of pyridine rings is 1. The molecule has 24 heavy (non-hydrogen) atoms. The van der Waals surface area contributed by atoms with Crippen molar-refractivity contribution in [2.24, 2.45) is 0 Å². The Morgan fingerprint density at radius 2 is 2.17 bits per heavy atom. The van der Waals surface area contributed by atoms with Gasteiger partial charge in [-0.1, -0.05) is 0 Å². The first-order chi connectivity index (χ1) is 11.8. The van der Waals surface area contributed by atoms with E-state index in [1.165, 1.54) is 0 Å². The number of fused-ring (bicyclic) bond motifs is 1. The van der Waals surface area contributed by atoms with E-state index >= 15 is 0 Å². The van der Waals surface area contributed by atoms with Crippen LogP contribution in [-0.4, -0.2) is 31.9 Å². The third-order valence-corrected chi connectivity index (χ3v) is 4.21. The molecule has 0 unspecified atom stereocenters. The third-order valence-electron chi connectivity index (χ3n) is 3.52. The van der Waals surface area contributed by atoms with Crippen LogP contribution in [-0.2, 0) is 6.54 Å². The molecule has 0 bridgehead atoms. The van der Waals surface area contributed by atoms with Crippen molar-refractivity contribution in [3.8, 4) is 17.3 Å². The zero-order valence-electron chi connectivity index (χ0n) is 12.9. The van der Waals surface area contributed by atoms with Crippen LogP contribution in [0.4, 0.5) is 5.82 Å². The molecular weight excluding hydrogens is 324 g/mol. The molecule has 4 rings (SSSR count). The molecular formula is C16H14N6OS. The van der Waals surface area contributed by atoms with Gasteiger partial charge in [0, 0.05) is 29.8 Å². The minimum absolute atomic E-state index is 0.594. The molecule has 4 heterocycles. The Kier molecular flexibility index (Phi) is 3.80. The number of nitrogens with zero attached hydrogens (tertiary/aromatic N) is 5. The summed E-state index contributed by atoms with van der Waals surface area (Å²) in [4.78, 5) is 4.10. The van der Waals surface area contributed by atoms with Gasteiger partial charge in [-0.15, -0.1) is 15.3 Å². The molecule has 0 aliphatic rings. The maximum Gasteiger partial charge on any atom is 0.213 e. The summed E-state index contributed by atoms with van der Waals surface area (Å²) in [5.41, 5.74) is 2.79. The van der Waals surface area contributed by atoms with Crippen LogP contribution in [0.2, 0.25) is 0 Å². The average molecular weight is 338 g/mol. The lowest BCUT2D eigenvalue weighted by molar-refractivity contribution is 0.397. The van der Waals surface area contributed by atoms with Crippen LogP contribution >= 0.6 is 11.3 Å². The molecule has 4 aromatic heterocycles. The van der Waals surface area contributed by atoms with E-state index in [0.29, 0.717) is 18.1 Å². The van der Waals surface area contributed by atoms with Gasteiger partial charge < -0.3 is 10.1 Å². The van der Waals surface area contributed by atoms with E-state index in [9.17, 15) is 0 Å². The second-order valence-electron chi connectivity index (χ2n) is 5.08. The van der Waals surface area contributed by atoms with E-state index in [0.717, 1.165) is 22.8 Å². The summed E-state index contributed by atoms with van der Waals surface area (Å²) in [5, 5.41) is 20.3. The molecule has 0 saturated carbocycles. The van der Waals surface area contributed by atoms with E-state index in [2.05, 4.69) is 25.6 Å². The van der Waals surface area contributed by atoms with Crippen molar-refractivity contribution in [1.29, 1.82) is 0 Å². The summed E-state index contributed by atoms with van der Waals surface area (Å²) in [5.74, 6) is 2.08. The minimum atomic E-state index is 0.594. The van der Waals surface area contributed by atoms with Crippen LogP contribution in [0, 0.1) is 0 Å². The summed E-state index contributed by atoms with van der Waals surface area (Å²) >= 11 is 1.62. The molecule has 0 atom stereocenters. The quantitative estimate of drug-likeness (QED) is 0.603. The molecule has 8 heteroatoms. The molecule has 0 fully saturated rings. The van der Waals surface area contributed by atoms with Gasteiger partial charge >= 0.3 is 0 Å². The van der Waals surface area contributed by atoms with Gasteiger partial charge in [0.25, 0.3) is 0 Å². The topological polar surface area (TPSA) is 77.2 Å². The number of thiophene rings is 1. The standard InChI is InChI=1S/C16H14N6OS/c1-23-15-8-11(4-6-17-15)9-18-13-2-3-14-19-20-16(22(14)21-13)12-5-7-24-10-12/h2-8,10H,9H2,1H3,(H,18,21). The smallest absolute Gasteiger partial charge is 0.213 e. The van der Waals surface area contributed by atoms with E-state index < -0.39 is 0 Å². The molecule has 1 N–H and O–H groups in total. The fourth-order valence-electron chi connectivity index (χ4n) is 2.32. The predicted molar refractivity (Wildman–Crippen MR) is 92.2 cm³/mol. The summed E-state index contributed by atoms with van der Waals surface area (Å²) in [6, 6.07) is 9.61. The normalized spacial score (nSPS) is 10.9. The molecule has 0 saturated heterocycles. The molecule has 0 aromatic carbocycles. The lowest BCUT2D eigenvalue weighted by atomic mass is 10.2. The second-order valence-corrected chi connectivity index (χ2v) is 5.86. The highest BCUT2D eigenvalue weighted by atomic mass is 32.1. The number of hydrogen-bond acceptors (Lipinski definition) is 7. The summed E-state index contributed by atoms with van der Waals surface area (Å²) in [6.45, 7) is 0.618. The number of anilines is 1. The van der Waals surface area contributed by atoms with Crippen LogP contribution in [0.1, 0.15) is 5.56 Å². The van der Waals surface area contributed by atoms with Crippen molar-refractivity contribution >= 4 is 22.8 Å². The largest absolute Gasteiger partial charge is 0.481 e. The fourth-order valence-corrected chi connectivity index (χ4v) is 2.95. The van der Waals surface area contributed by atoms with Crippen LogP contribution in [0.5, 0.6) is 5.88 Å². The van der Waals surface area contributed by atoms with Crippen LogP contribution in [0.3, 0.4) is 0 Å². The van der Waals surface area contributed by atoms with Gasteiger partial charge in [0.1, 0.15) is 5.82 Å². The van der Waals surface area contributed by atoms with Crippen molar-refractivity contribution in [1.82, 2.24) is 24.8 Å². The summed E-state index contributed by atoms with van der Waals surface area (Å²) in [6.07, 6.45) is 1.72. The van der Waals surface area contributed by atoms with E-state index in [-0.39, 0.29) is 0 Å². The zero-order chi connectivity index (χ0) is 16.4. The molecule has 0 aliphatic heterocycles. The van der Waals surface area contributed by atoms with Crippen LogP contribution < -0.4 is 10.1 Å². The molecule has 7 nitrogen and oxygen atoms in total. The lowest BCUT2D eigenvalue weighted by Gasteiger charge is -2.07. The maximum atomic E-state index is 5.14. The van der Waals surface area contributed by atoms with Crippen LogP contribution in [0.25, 0.3) is 17.0 Å². The third kappa shape index (κ3) is 2.79. The number of nitrogens with one attached hydrogen (secondary N) is 1. The Labute approximate surface area is 142 Å². The first-order valence-electron chi connectivity index (χ1n) is 7.31. The maximum absolute atomic E-state index is 5.14. The Hall–Kier alpha value is -3.00. The first-order valence-corrected chi connectivity index (χ1v) is 8.25. The zero-order valence-corrected chi connectivity index (χ0v) is 13.7. The van der Waals surface area contributed by atoms with Gasteiger partial charge in [-0.3, -0.25) is 0 Å². The van der Waals surface area contributed by atoms with Crippen molar-refractivity contribution in [2.45, 2.75) is 6.54 Å². The van der Waals surface area contributed by atoms with E-state index in [1.54, 1.807) is 29.2 Å². The van der Waals surface area contributed by atoms with Crippen LogP contribution in [0.15, 0.2) is 47.3 Å². The van der Waals surface area contributed by atoms with Gasteiger partial charge in [-0.25, -0.2) is 4.98 Å². The molecule has 120 valence electrons. The van der Waals surface area contributed by atoms with Gasteiger partial charge in [0.15, 0.2) is 11.5 Å². The second kappa shape index (κ2) is 6.25. The van der Waals surface area contributed by atoms with E-state index in [1.807, 2.05) is 41.1 Å². The number of rotatable bonds is 5. The highest BCUT2D eigenvalue weighted by molar-refractivity contribution is 7.08. The molecule has 0 amide bonds. The molecule has 0 aliphatic carbocycles. The fraction of sp³-hybridized carbons (Fsp3) is 0.125. The monoisotopic (exact) mass is 338 g/mol. The van der Waals surface area contributed by atoms with Gasteiger partial charge in [-0.05, 0) is 35.2 Å². The minimum Gasteiger partial charge on any atom is -0.481 e. The van der Waals surface area contributed by atoms with Crippen molar-refractivity contribution in [3.05, 3.63) is 52.9 Å². The Morgan fingerprint density at radius 3 is 3.00 bits per heavy atom. The summed E-state index contributed by atoms with van der Waals surface area (Å²) < 4.78 is 6.88. The van der Waals surface area contributed by atoms with Gasteiger partial charge in [0.2, 0.25) is 5.88 Å². The van der Waals surface area contributed by atoms with Gasteiger partial charge in [0.05, 0.1) is 7.11 Å². The highest BCUT2D eigenvalue weighted by Crippen LogP contribution is 2.21. The lowest BCUT2D eigenvalue weighted by Crippen LogP contribution is -2.05. The highest BCUT2D eigenvalue weighted by Gasteiger charge is 2.10. The number of ether oxygens (including phenoxy) is 1. The first kappa shape index (κ1) is 14.6. The summed E-state index contributed by atoms with van der Waals surface area (Å²) in [7, 11) is 1.60. The van der Waals surface area contributed by atoms with E-state index in [4.69, 9.17) is 4.74 Å². The molecule has 0 spiro atoms. The average Bonchev–Trinajstić information content (AvgIpc) is 3.29. The van der Waals surface area contributed by atoms with Crippen molar-refractivity contribution in [3.63, 3.8) is 0 Å². The Bertz CT molecular complexity index is 966. The number of aromatic nitrogens is 5. The predicted octanol–water partition coefficient (Wildman–Crippen LogP) is 2.87. The Morgan fingerprint density at radius 1 is 1.21 bits per heavy atom. The van der Waals surface area contributed by atoms with Crippen molar-refractivity contribution < 1.29 is 4.74 Å². The number of hydrogen-bond donors (Lipinski definition) is 1. The van der Waals surface area contributed by atoms with Crippen molar-refractivity contribution in [2.75, 3.05) is 12.4 Å². The SMILES string of the molecule is COc1cc(CNc2ccc3nnc(-c4ccsc4)n3n2)ccn1. The number of methoxy groups -OCH3 is 1.